The Bertz CT molecular complexity index is 1030. The molecule has 8 heteroatoms. The lowest BCUT2D eigenvalue weighted by Gasteiger charge is -2.21. The van der Waals surface area contributed by atoms with Gasteiger partial charge in [0.1, 0.15) is 24.7 Å². The number of amides is 1. The largest absolute Gasteiger partial charge is 0.486 e. The van der Waals surface area contributed by atoms with Crippen LogP contribution in [0.4, 0.5) is 0 Å². The first kappa shape index (κ1) is 18.3. The van der Waals surface area contributed by atoms with Crippen LogP contribution in [0.1, 0.15) is 23.1 Å². The van der Waals surface area contributed by atoms with Crippen LogP contribution in [0, 0.1) is 0 Å². The van der Waals surface area contributed by atoms with E-state index in [0.29, 0.717) is 25.4 Å². The Morgan fingerprint density at radius 3 is 2.86 bits per heavy atom. The zero-order valence-electron chi connectivity index (χ0n) is 15.4. The summed E-state index contributed by atoms with van der Waals surface area (Å²) in [7, 11) is 0. The van der Waals surface area contributed by atoms with Crippen molar-refractivity contribution in [2.45, 2.75) is 17.4 Å². The zero-order chi connectivity index (χ0) is 19.6. The molecule has 0 aliphatic carbocycles. The monoisotopic (exact) mass is 426 g/mol. The quantitative estimate of drug-likeness (QED) is 0.559. The smallest absolute Gasteiger partial charge is 0.253 e. The summed E-state index contributed by atoms with van der Waals surface area (Å²) >= 11 is 3.11. The zero-order valence-corrected chi connectivity index (χ0v) is 17.1. The van der Waals surface area contributed by atoms with E-state index in [-0.39, 0.29) is 17.7 Å². The third kappa shape index (κ3) is 3.77. The van der Waals surface area contributed by atoms with Crippen molar-refractivity contribution in [2.75, 3.05) is 19.0 Å². The Kier molecular flexibility index (Phi) is 5.03. The highest BCUT2D eigenvalue weighted by Crippen LogP contribution is 2.37. The van der Waals surface area contributed by atoms with Crippen LogP contribution in [0.25, 0.3) is 0 Å². The van der Waals surface area contributed by atoms with Gasteiger partial charge in [-0.15, -0.1) is 23.1 Å². The molecule has 2 aliphatic heterocycles. The second-order valence-corrected chi connectivity index (χ2v) is 8.62. The molecular weight excluding hydrogens is 408 g/mol. The summed E-state index contributed by atoms with van der Waals surface area (Å²) in [6.45, 7) is 1.10. The van der Waals surface area contributed by atoms with Crippen molar-refractivity contribution in [3.8, 4) is 11.5 Å². The molecule has 0 bridgehead atoms. The van der Waals surface area contributed by atoms with Crippen LogP contribution in [-0.2, 0) is 4.79 Å². The second kappa shape index (κ2) is 7.96. The van der Waals surface area contributed by atoms with Crippen molar-refractivity contribution in [3.05, 3.63) is 64.7 Å². The fraction of sp³-hybridized carbons (Fsp3) is 0.238. The standard InChI is InChI=1S/C21H18N2O4S2/c24-21(13-29-14-5-6-18-19(11-14)27-9-8-26-18)23-16(20-4-2-10-28-20)12-15(22-23)17-3-1-7-25-17/h1-7,10-11,16H,8-9,12-13H2/t16-/m0/s1. The van der Waals surface area contributed by atoms with Crippen LogP contribution in [0.2, 0.25) is 0 Å². The molecular formula is C21H18N2O4S2. The number of nitrogens with zero attached hydrogens (tertiary/aromatic N) is 2. The van der Waals surface area contributed by atoms with E-state index in [0.717, 1.165) is 27.0 Å². The van der Waals surface area contributed by atoms with Gasteiger partial charge in [0.15, 0.2) is 11.5 Å². The molecule has 29 heavy (non-hydrogen) atoms. The minimum absolute atomic E-state index is 0.0372. The summed E-state index contributed by atoms with van der Waals surface area (Å²) in [4.78, 5) is 15.1. The lowest BCUT2D eigenvalue weighted by Crippen LogP contribution is -2.28. The molecule has 0 unspecified atom stereocenters. The van der Waals surface area contributed by atoms with Crippen LogP contribution in [0.15, 0.2) is 68.5 Å². The lowest BCUT2D eigenvalue weighted by atomic mass is 10.1. The Labute approximate surface area is 176 Å². The molecule has 2 aliphatic rings. The number of thioether (sulfide) groups is 1. The topological polar surface area (TPSA) is 64.3 Å². The molecule has 5 rings (SSSR count). The van der Waals surface area contributed by atoms with Crippen LogP contribution >= 0.6 is 23.1 Å². The summed E-state index contributed by atoms with van der Waals surface area (Å²) in [6, 6.07) is 13.4. The Balaban J connectivity index is 1.32. The molecule has 1 aromatic carbocycles. The van der Waals surface area contributed by atoms with Gasteiger partial charge in [0.25, 0.3) is 5.91 Å². The average molecular weight is 427 g/mol. The van der Waals surface area contributed by atoms with Gasteiger partial charge < -0.3 is 13.9 Å². The third-order valence-corrected chi connectivity index (χ3v) is 6.67. The number of carbonyl (C=O) groups excluding carboxylic acids is 1. The highest BCUT2D eigenvalue weighted by molar-refractivity contribution is 8.00. The highest BCUT2D eigenvalue weighted by atomic mass is 32.2. The number of rotatable bonds is 5. The van der Waals surface area contributed by atoms with E-state index in [1.165, 1.54) is 11.8 Å². The fourth-order valence-electron chi connectivity index (χ4n) is 3.36. The van der Waals surface area contributed by atoms with Gasteiger partial charge in [0.05, 0.1) is 18.1 Å². The summed E-state index contributed by atoms with van der Waals surface area (Å²) in [5.41, 5.74) is 0.797. The van der Waals surface area contributed by atoms with Crippen molar-refractivity contribution in [3.63, 3.8) is 0 Å². The van der Waals surface area contributed by atoms with E-state index >= 15 is 0 Å². The van der Waals surface area contributed by atoms with Gasteiger partial charge >= 0.3 is 0 Å². The molecule has 2 aromatic heterocycles. The van der Waals surface area contributed by atoms with Crippen molar-refractivity contribution >= 4 is 34.7 Å². The Hall–Kier alpha value is -2.71. The Morgan fingerprint density at radius 2 is 2.07 bits per heavy atom. The number of furan rings is 1. The molecule has 148 valence electrons. The van der Waals surface area contributed by atoms with Gasteiger partial charge in [0.2, 0.25) is 0 Å². The van der Waals surface area contributed by atoms with Gasteiger partial charge in [-0.25, -0.2) is 5.01 Å². The molecule has 6 nitrogen and oxygen atoms in total. The number of benzene rings is 1. The summed E-state index contributed by atoms with van der Waals surface area (Å²) in [5.74, 6) is 2.43. The van der Waals surface area contributed by atoms with E-state index < -0.39 is 0 Å². The molecule has 3 aromatic rings. The van der Waals surface area contributed by atoms with Crippen LogP contribution < -0.4 is 9.47 Å². The lowest BCUT2D eigenvalue weighted by molar-refractivity contribution is -0.130. The van der Waals surface area contributed by atoms with Crippen molar-refractivity contribution < 1.29 is 18.7 Å². The number of thiophene rings is 1. The number of fused-ring (bicyclic) bond motifs is 1. The number of ether oxygens (including phenoxy) is 2. The minimum Gasteiger partial charge on any atom is -0.486 e. The third-order valence-electron chi connectivity index (χ3n) is 4.72. The molecule has 0 radical (unpaired) electrons. The SMILES string of the molecule is O=C(CSc1ccc2c(c1)OCCO2)N1N=C(c2ccco2)C[C@H]1c1cccs1. The highest BCUT2D eigenvalue weighted by Gasteiger charge is 2.34. The average Bonchev–Trinajstić information content (AvgIpc) is 3.52. The van der Waals surface area contributed by atoms with Gasteiger partial charge in [-0.05, 0) is 41.8 Å². The first-order valence-electron chi connectivity index (χ1n) is 9.27. The number of hydrogen-bond acceptors (Lipinski definition) is 7. The van der Waals surface area contributed by atoms with Crippen molar-refractivity contribution in [1.29, 1.82) is 0 Å². The fourth-order valence-corrected chi connectivity index (χ4v) is 4.95. The summed E-state index contributed by atoms with van der Waals surface area (Å²) in [5, 5.41) is 8.23. The summed E-state index contributed by atoms with van der Waals surface area (Å²) < 4.78 is 16.7. The minimum atomic E-state index is -0.0940. The molecule has 0 saturated heterocycles. The van der Waals surface area contributed by atoms with E-state index in [1.807, 2.05) is 47.8 Å². The number of hydrogen-bond donors (Lipinski definition) is 0. The first-order chi connectivity index (χ1) is 14.3. The van der Waals surface area contributed by atoms with Gasteiger partial charge in [-0.1, -0.05) is 6.07 Å². The van der Waals surface area contributed by atoms with E-state index in [2.05, 4.69) is 5.10 Å². The van der Waals surface area contributed by atoms with E-state index in [9.17, 15) is 4.79 Å². The number of carbonyl (C=O) groups is 1. The Morgan fingerprint density at radius 1 is 1.17 bits per heavy atom. The van der Waals surface area contributed by atoms with E-state index in [1.54, 1.807) is 22.6 Å². The normalized spacial score (nSPS) is 18.0. The molecule has 1 atom stereocenters. The predicted octanol–water partition coefficient (Wildman–Crippen LogP) is 4.58. The maximum Gasteiger partial charge on any atom is 0.253 e. The predicted molar refractivity (Wildman–Crippen MR) is 112 cm³/mol. The molecule has 0 fully saturated rings. The van der Waals surface area contributed by atoms with Crippen molar-refractivity contribution in [2.24, 2.45) is 5.10 Å². The summed E-state index contributed by atoms with van der Waals surface area (Å²) in [6.07, 6.45) is 2.27. The van der Waals surface area contributed by atoms with Gasteiger partial charge in [0, 0.05) is 16.2 Å². The van der Waals surface area contributed by atoms with Crippen molar-refractivity contribution in [1.82, 2.24) is 5.01 Å². The second-order valence-electron chi connectivity index (χ2n) is 6.59. The molecule has 0 N–H and O–H groups in total. The molecule has 4 heterocycles. The molecule has 0 spiro atoms. The first-order valence-corrected chi connectivity index (χ1v) is 11.1. The maximum absolute atomic E-state index is 13.0. The van der Waals surface area contributed by atoms with Crippen LogP contribution in [0.3, 0.4) is 0 Å². The van der Waals surface area contributed by atoms with Crippen LogP contribution in [-0.4, -0.2) is 35.6 Å². The number of hydrazone groups is 1. The van der Waals surface area contributed by atoms with E-state index in [4.69, 9.17) is 13.9 Å². The maximum atomic E-state index is 13.0. The van der Waals surface area contributed by atoms with Gasteiger partial charge in [-0.3, -0.25) is 4.79 Å². The molecule has 1 amide bonds. The van der Waals surface area contributed by atoms with Crippen LogP contribution in [0.5, 0.6) is 11.5 Å². The molecule has 0 saturated carbocycles. The van der Waals surface area contributed by atoms with Gasteiger partial charge in [-0.2, -0.15) is 5.10 Å².